The second-order valence-corrected chi connectivity index (χ2v) is 4.75. The molecule has 0 aliphatic heterocycles. The van der Waals surface area contributed by atoms with Gasteiger partial charge in [0.2, 0.25) is 0 Å². The van der Waals surface area contributed by atoms with E-state index in [1.54, 1.807) is 29.0 Å². The maximum Gasteiger partial charge on any atom is 0.573 e. The molecule has 0 amide bonds. The van der Waals surface area contributed by atoms with Crippen LogP contribution >= 0.6 is 0 Å². The largest absolute Gasteiger partial charge is 0.573 e. The van der Waals surface area contributed by atoms with Gasteiger partial charge in [-0.1, -0.05) is 0 Å². The molecule has 120 valence electrons. The molecule has 0 N–H and O–H groups in total. The first kappa shape index (κ1) is 15.3. The normalized spacial score (nSPS) is 11.8. The fraction of sp³-hybridized carbons (Fsp3) is 0.200. The van der Waals surface area contributed by atoms with Gasteiger partial charge in [-0.05, 0) is 29.8 Å². The summed E-state index contributed by atoms with van der Waals surface area (Å²) in [5.41, 5.74) is 2.47. The predicted octanol–water partition coefficient (Wildman–Crippen LogP) is 3.44. The number of halogens is 3. The van der Waals surface area contributed by atoms with Crippen LogP contribution in [0.25, 0.3) is 16.9 Å². The zero-order valence-corrected chi connectivity index (χ0v) is 12.0. The molecule has 23 heavy (non-hydrogen) atoms. The summed E-state index contributed by atoms with van der Waals surface area (Å²) in [5, 5.41) is 4.05. The average Bonchev–Trinajstić information content (AvgIpc) is 2.93. The van der Waals surface area contributed by atoms with Crippen molar-refractivity contribution in [2.24, 2.45) is 0 Å². The van der Waals surface area contributed by atoms with Gasteiger partial charge in [-0.2, -0.15) is 5.10 Å². The Labute approximate surface area is 129 Å². The van der Waals surface area contributed by atoms with E-state index >= 15 is 0 Å². The molecule has 0 spiro atoms. The second kappa shape index (κ2) is 5.88. The van der Waals surface area contributed by atoms with E-state index in [4.69, 9.17) is 4.74 Å². The fourth-order valence-electron chi connectivity index (χ4n) is 2.25. The summed E-state index contributed by atoms with van der Waals surface area (Å²) in [6, 6.07) is 7.56. The number of hydrogen-bond donors (Lipinski definition) is 0. The standard InChI is InChI=1S/C15H12F3N3O2/c1-22-9-10-8-11(23-15(16,17)18)2-3-12(10)13-5-7-21-14(20-13)4-6-19-21/h2-8H,9H2,1H3. The SMILES string of the molecule is COCc1cc(OC(F)(F)F)ccc1-c1ccn2nccc2n1. The number of fused-ring (bicyclic) bond motifs is 1. The summed E-state index contributed by atoms with van der Waals surface area (Å²) in [6.45, 7) is 0.135. The Morgan fingerprint density at radius 2 is 2.00 bits per heavy atom. The topological polar surface area (TPSA) is 48.7 Å². The van der Waals surface area contributed by atoms with Crippen LogP contribution in [0.15, 0.2) is 42.7 Å². The first-order valence-corrected chi connectivity index (χ1v) is 6.64. The second-order valence-electron chi connectivity index (χ2n) is 4.75. The highest BCUT2D eigenvalue weighted by atomic mass is 19.4. The van der Waals surface area contributed by atoms with Crippen molar-refractivity contribution in [2.45, 2.75) is 13.0 Å². The molecular formula is C15H12F3N3O2. The minimum Gasteiger partial charge on any atom is -0.406 e. The minimum absolute atomic E-state index is 0.135. The van der Waals surface area contributed by atoms with Crippen molar-refractivity contribution in [2.75, 3.05) is 7.11 Å². The van der Waals surface area contributed by atoms with E-state index in [-0.39, 0.29) is 12.4 Å². The lowest BCUT2D eigenvalue weighted by Crippen LogP contribution is -2.17. The number of nitrogens with zero attached hydrogens (tertiary/aromatic N) is 3. The Morgan fingerprint density at radius 1 is 1.17 bits per heavy atom. The summed E-state index contributed by atoms with van der Waals surface area (Å²) in [4.78, 5) is 4.43. The van der Waals surface area contributed by atoms with Gasteiger partial charge in [-0.15, -0.1) is 13.2 Å². The lowest BCUT2D eigenvalue weighted by molar-refractivity contribution is -0.274. The molecule has 0 bridgehead atoms. The Hall–Kier alpha value is -2.61. The van der Waals surface area contributed by atoms with E-state index in [9.17, 15) is 13.2 Å². The molecule has 3 aromatic rings. The van der Waals surface area contributed by atoms with Crippen molar-refractivity contribution in [1.82, 2.24) is 14.6 Å². The van der Waals surface area contributed by atoms with E-state index in [0.717, 1.165) is 0 Å². The van der Waals surface area contributed by atoms with Crippen LogP contribution in [-0.4, -0.2) is 28.1 Å². The van der Waals surface area contributed by atoms with Crippen LogP contribution in [0, 0.1) is 0 Å². The molecule has 0 radical (unpaired) electrons. The molecule has 8 heteroatoms. The van der Waals surface area contributed by atoms with E-state index in [1.807, 2.05) is 0 Å². The highest BCUT2D eigenvalue weighted by Gasteiger charge is 2.31. The smallest absolute Gasteiger partial charge is 0.406 e. The van der Waals surface area contributed by atoms with Gasteiger partial charge in [0.05, 0.1) is 18.5 Å². The molecular weight excluding hydrogens is 311 g/mol. The fourth-order valence-corrected chi connectivity index (χ4v) is 2.25. The molecule has 3 rings (SSSR count). The van der Waals surface area contributed by atoms with Crippen molar-refractivity contribution in [3.63, 3.8) is 0 Å². The van der Waals surface area contributed by atoms with E-state index < -0.39 is 6.36 Å². The monoisotopic (exact) mass is 323 g/mol. The average molecular weight is 323 g/mol. The predicted molar refractivity (Wildman–Crippen MR) is 75.8 cm³/mol. The summed E-state index contributed by atoms with van der Waals surface area (Å²) in [6.07, 6.45) is -1.39. The number of hydrogen-bond acceptors (Lipinski definition) is 4. The van der Waals surface area contributed by atoms with Gasteiger partial charge in [0.1, 0.15) is 5.75 Å². The van der Waals surface area contributed by atoms with Crippen LogP contribution in [0.5, 0.6) is 5.75 Å². The molecule has 0 saturated heterocycles. The summed E-state index contributed by atoms with van der Waals surface area (Å²) in [7, 11) is 1.47. The molecule has 1 aromatic carbocycles. The van der Waals surface area contributed by atoms with E-state index in [1.165, 1.54) is 25.3 Å². The van der Waals surface area contributed by atoms with Crippen LogP contribution in [0.3, 0.4) is 0 Å². The maximum atomic E-state index is 12.3. The lowest BCUT2D eigenvalue weighted by Gasteiger charge is -2.13. The van der Waals surface area contributed by atoms with Crippen LogP contribution in [0.2, 0.25) is 0 Å². The molecule has 0 unspecified atom stereocenters. The van der Waals surface area contributed by atoms with Crippen LogP contribution in [0.1, 0.15) is 5.56 Å². The quantitative estimate of drug-likeness (QED) is 0.738. The molecule has 5 nitrogen and oxygen atoms in total. The van der Waals surface area contributed by atoms with Gasteiger partial charge < -0.3 is 9.47 Å². The molecule has 0 aliphatic carbocycles. The first-order chi connectivity index (χ1) is 11.0. The van der Waals surface area contributed by atoms with Crippen LogP contribution < -0.4 is 4.74 Å². The summed E-state index contributed by atoms with van der Waals surface area (Å²) in [5.74, 6) is -0.293. The molecule has 0 fully saturated rings. The molecule has 0 atom stereocenters. The van der Waals surface area contributed by atoms with Crippen LogP contribution in [-0.2, 0) is 11.3 Å². The van der Waals surface area contributed by atoms with Crippen molar-refractivity contribution in [1.29, 1.82) is 0 Å². The number of benzene rings is 1. The molecule has 2 aromatic heterocycles. The highest BCUT2D eigenvalue weighted by molar-refractivity contribution is 5.66. The van der Waals surface area contributed by atoms with Gasteiger partial charge in [-0.25, -0.2) is 9.50 Å². The Bertz CT molecular complexity index is 830. The lowest BCUT2D eigenvalue weighted by atomic mass is 10.0. The minimum atomic E-state index is -4.74. The highest BCUT2D eigenvalue weighted by Crippen LogP contribution is 2.30. The number of methoxy groups -OCH3 is 1. The third-order valence-electron chi connectivity index (χ3n) is 3.14. The van der Waals surface area contributed by atoms with Gasteiger partial charge in [0.25, 0.3) is 0 Å². The first-order valence-electron chi connectivity index (χ1n) is 6.64. The van der Waals surface area contributed by atoms with Crippen molar-refractivity contribution >= 4 is 5.65 Å². The van der Waals surface area contributed by atoms with Gasteiger partial charge in [-0.3, -0.25) is 0 Å². The zero-order chi connectivity index (χ0) is 16.4. The zero-order valence-electron chi connectivity index (χ0n) is 12.0. The number of ether oxygens (including phenoxy) is 2. The maximum absolute atomic E-state index is 12.3. The van der Waals surface area contributed by atoms with Crippen molar-refractivity contribution in [3.8, 4) is 17.0 Å². The number of alkyl halides is 3. The molecule has 0 aliphatic rings. The molecule has 2 heterocycles. The number of aromatic nitrogens is 3. The third-order valence-corrected chi connectivity index (χ3v) is 3.14. The number of rotatable bonds is 4. The van der Waals surface area contributed by atoms with E-state index in [0.29, 0.717) is 22.5 Å². The Kier molecular flexibility index (Phi) is 3.91. The summed E-state index contributed by atoms with van der Waals surface area (Å²) < 4.78 is 47.6. The van der Waals surface area contributed by atoms with Gasteiger partial charge in [0.15, 0.2) is 5.65 Å². The van der Waals surface area contributed by atoms with Gasteiger partial charge in [0, 0.05) is 24.9 Å². The third kappa shape index (κ3) is 3.42. The van der Waals surface area contributed by atoms with Crippen LogP contribution in [0.4, 0.5) is 13.2 Å². The Morgan fingerprint density at radius 3 is 2.74 bits per heavy atom. The van der Waals surface area contributed by atoms with Crippen molar-refractivity contribution in [3.05, 3.63) is 48.3 Å². The van der Waals surface area contributed by atoms with Gasteiger partial charge >= 0.3 is 6.36 Å². The Balaban J connectivity index is 2.03. The van der Waals surface area contributed by atoms with Crippen molar-refractivity contribution < 1.29 is 22.6 Å². The van der Waals surface area contributed by atoms with E-state index in [2.05, 4.69) is 14.8 Å². The summed E-state index contributed by atoms with van der Waals surface area (Å²) >= 11 is 0. The molecule has 0 saturated carbocycles.